The zero-order valence-corrected chi connectivity index (χ0v) is 9.64. The predicted molar refractivity (Wildman–Crippen MR) is 60.2 cm³/mol. The molecule has 5 nitrogen and oxygen atoms in total. The van der Waals surface area contributed by atoms with Crippen LogP contribution < -0.4 is 5.32 Å². The number of carboxylic acids is 1. The maximum absolute atomic E-state index is 11.7. The molecule has 0 aromatic rings. The zero-order chi connectivity index (χ0) is 12.1. The minimum atomic E-state index is -0.999. The lowest BCUT2D eigenvalue weighted by Gasteiger charge is -2.26. The van der Waals surface area contributed by atoms with E-state index in [1.54, 1.807) is 0 Å². The molecule has 90 valence electrons. The molecule has 0 bridgehead atoms. The van der Waals surface area contributed by atoms with E-state index >= 15 is 0 Å². The quantitative estimate of drug-likeness (QED) is 0.711. The standard InChI is InChI=1S/C11H18N2O3/c1-8(10(14)15)13(2)11(16)12-9-6-4-3-5-7-9/h3-4,8-9H,5-7H2,1-2H3,(H,12,16)(H,14,15). The summed E-state index contributed by atoms with van der Waals surface area (Å²) < 4.78 is 0. The van der Waals surface area contributed by atoms with Crippen molar-refractivity contribution in [3.05, 3.63) is 12.2 Å². The average molecular weight is 226 g/mol. The molecule has 0 aliphatic heterocycles. The molecule has 0 fully saturated rings. The maximum Gasteiger partial charge on any atom is 0.326 e. The second-order valence-electron chi connectivity index (χ2n) is 4.06. The molecule has 2 amide bonds. The number of rotatable bonds is 3. The molecule has 0 aromatic carbocycles. The zero-order valence-electron chi connectivity index (χ0n) is 9.64. The molecule has 5 heteroatoms. The third kappa shape index (κ3) is 3.25. The van der Waals surface area contributed by atoms with Crippen LogP contribution in [0.5, 0.6) is 0 Å². The molecular weight excluding hydrogens is 208 g/mol. The van der Waals surface area contributed by atoms with E-state index in [0.717, 1.165) is 19.3 Å². The van der Waals surface area contributed by atoms with Gasteiger partial charge in [0.05, 0.1) is 0 Å². The van der Waals surface area contributed by atoms with Gasteiger partial charge in [0.2, 0.25) is 0 Å². The van der Waals surface area contributed by atoms with Crippen LogP contribution in [-0.4, -0.2) is 41.1 Å². The van der Waals surface area contributed by atoms with E-state index in [-0.39, 0.29) is 12.1 Å². The van der Waals surface area contributed by atoms with E-state index < -0.39 is 12.0 Å². The minimum absolute atomic E-state index is 0.126. The topological polar surface area (TPSA) is 69.6 Å². The van der Waals surface area contributed by atoms with Gasteiger partial charge in [-0.1, -0.05) is 12.2 Å². The third-order valence-corrected chi connectivity index (χ3v) is 2.86. The van der Waals surface area contributed by atoms with Crippen LogP contribution in [0.2, 0.25) is 0 Å². The first-order valence-electron chi connectivity index (χ1n) is 5.43. The number of likely N-dealkylation sites (N-methyl/N-ethyl adjacent to an activating group) is 1. The van der Waals surface area contributed by atoms with Gasteiger partial charge >= 0.3 is 12.0 Å². The second kappa shape index (κ2) is 5.53. The second-order valence-corrected chi connectivity index (χ2v) is 4.06. The predicted octanol–water partition coefficient (Wildman–Crippen LogP) is 1.21. The summed E-state index contributed by atoms with van der Waals surface area (Å²) in [6.07, 6.45) is 6.82. The van der Waals surface area contributed by atoms with Crippen LogP contribution in [0.1, 0.15) is 26.2 Å². The number of allylic oxidation sites excluding steroid dienone is 1. The third-order valence-electron chi connectivity index (χ3n) is 2.86. The van der Waals surface area contributed by atoms with Gasteiger partial charge in [-0.25, -0.2) is 9.59 Å². The first-order chi connectivity index (χ1) is 7.52. The van der Waals surface area contributed by atoms with Gasteiger partial charge in [0, 0.05) is 13.1 Å². The molecule has 1 aliphatic carbocycles. The van der Waals surface area contributed by atoms with E-state index in [0.29, 0.717) is 0 Å². The Kier molecular flexibility index (Phi) is 4.34. The molecule has 0 saturated carbocycles. The van der Waals surface area contributed by atoms with Crippen LogP contribution in [0.4, 0.5) is 4.79 Å². The van der Waals surface area contributed by atoms with Crippen molar-refractivity contribution in [1.29, 1.82) is 0 Å². The van der Waals surface area contributed by atoms with Gasteiger partial charge in [-0.05, 0) is 26.2 Å². The highest BCUT2D eigenvalue weighted by atomic mass is 16.4. The fourth-order valence-corrected chi connectivity index (χ4v) is 1.54. The van der Waals surface area contributed by atoms with Crippen molar-refractivity contribution < 1.29 is 14.7 Å². The molecule has 1 aliphatic rings. The fraction of sp³-hybridized carbons (Fsp3) is 0.636. The van der Waals surface area contributed by atoms with E-state index in [4.69, 9.17) is 5.11 Å². The highest BCUT2D eigenvalue weighted by molar-refractivity contribution is 5.82. The molecule has 2 unspecified atom stereocenters. The lowest BCUT2D eigenvalue weighted by atomic mass is 10.0. The molecule has 2 N–H and O–H groups in total. The number of urea groups is 1. The van der Waals surface area contributed by atoms with Gasteiger partial charge < -0.3 is 15.3 Å². The van der Waals surface area contributed by atoms with Gasteiger partial charge in [0.25, 0.3) is 0 Å². The highest BCUT2D eigenvalue weighted by Crippen LogP contribution is 2.11. The number of amides is 2. The molecule has 0 spiro atoms. The lowest BCUT2D eigenvalue weighted by molar-refractivity contribution is -0.141. The van der Waals surface area contributed by atoms with Crippen LogP contribution in [-0.2, 0) is 4.79 Å². The molecule has 0 aromatic heterocycles. The van der Waals surface area contributed by atoms with Crippen LogP contribution in [0, 0.1) is 0 Å². The van der Waals surface area contributed by atoms with E-state index in [1.165, 1.54) is 18.9 Å². The summed E-state index contributed by atoms with van der Waals surface area (Å²) >= 11 is 0. The van der Waals surface area contributed by atoms with Crippen molar-refractivity contribution in [3.8, 4) is 0 Å². The number of aliphatic carboxylic acids is 1. The number of carboxylic acid groups (broad SMARTS) is 1. The Hall–Kier alpha value is -1.52. The number of carbonyl (C=O) groups excluding carboxylic acids is 1. The molecule has 2 atom stereocenters. The molecule has 0 saturated heterocycles. The molecule has 16 heavy (non-hydrogen) atoms. The average Bonchev–Trinajstić information content (AvgIpc) is 2.28. The van der Waals surface area contributed by atoms with Crippen molar-refractivity contribution in [2.75, 3.05) is 7.05 Å². The maximum atomic E-state index is 11.7. The molecular formula is C11H18N2O3. The first-order valence-corrected chi connectivity index (χ1v) is 5.43. The first kappa shape index (κ1) is 12.5. The summed E-state index contributed by atoms with van der Waals surface area (Å²) in [4.78, 5) is 23.6. The van der Waals surface area contributed by atoms with Crippen molar-refractivity contribution >= 4 is 12.0 Å². The van der Waals surface area contributed by atoms with E-state index in [2.05, 4.69) is 11.4 Å². The highest BCUT2D eigenvalue weighted by Gasteiger charge is 2.23. The Morgan fingerprint density at radius 3 is 2.69 bits per heavy atom. The van der Waals surface area contributed by atoms with Gasteiger partial charge in [0.15, 0.2) is 0 Å². The fourth-order valence-electron chi connectivity index (χ4n) is 1.54. The largest absolute Gasteiger partial charge is 0.480 e. The van der Waals surface area contributed by atoms with Gasteiger partial charge in [-0.3, -0.25) is 0 Å². The number of hydrogen-bond donors (Lipinski definition) is 2. The smallest absolute Gasteiger partial charge is 0.326 e. The Bertz CT molecular complexity index is 302. The van der Waals surface area contributed by atoms with Gasteiger partial charge in [-0.2, -0.15) is 0 Å². The summed E-state index contributed by atoms with van der Waals surface area (Å²) in [6, 6.07) is -1.00. The molecule has 1 rings (SSSR count). The van der Waals surface area contributed by atoms with Gasteiger partial charge in [0.1, 0.15) is 6.04 Å². The number of nitrogens with one attached hydrogen (secondary N) is 1. The van der Waals surface area contributed by atoms with Crippen molar-refractivity contribution in [2.45, 2.75) is 38.3 Å². The van der Waals surface area contributed by atoms with Crippen LogP contribution in [0.3, 0.4) is 0 Å². The Labute approximate surface area is 95.1 Å². The number of hydrogen-bond acceptors (Lipinski definition) is 2. The van der Waals surface area contributed by atoms with Crippen LogP contribution in [0.15, 0.2) is 12.2 Å². The van der Waals surface area contributed by atoms with Crippen LogP contribution >= 0.6 is 0 Å². The normalized spacial score (nSPS) is 21.2. The van der Waals surface area contributed by atoms with Crippen LogP contribution in [0.25, 0.3) is 0 Å². The monoisotopic (exact) mass is 226 g/mol. The number of nitrogens with zero attached hydrogens (tertiary/aromatic N) is 1. The SMILES string of the molecule is CC(C(=O)O)N(C)C(=O)NC1CC=CCC1. The Morgan fingerprint density at radius 1 is 1.50 bits per heavy atom. The summed E-state index contributed by atoms with van der Waals surface area (Å²) in [7, 11) is 1.49. The lowest BCUT2D eigenvalue weighted by Crippen LogP contribution is -2.49. The summed E-state index contributed by atoms with van der Waals surface area (Å²) in [6.45, 7) is 1.49. The van der Waals surface area contributed by atoms with E-state index in [9.17, 15) is 9.59 Å². The molecule has 0 heterocycles. The Morgan fingerprint density at radius 2 is 2.19 bits per heavy atom. The summed E-state index contributed by atoms with van der Waals surface area (Å²) in [5, 5.41) is 11.6. The van der Waals surface area contributed by atoms with E-state index in [1.807, 2.05) is 6.08 Å². The van der Waals surface area contributed by atoms with Crippen molar-refractivity contribution in [2.24, 2.45) is 0 Å². The molecule has 0 radical (unpaired) electrons. The summed E-state index contributed by atoms with van der Waals surface area (Å²) in [5.74, 6) is -0.999. The minimum Gasteiger partial charge on any atom is -0.480 e. The number of carbonyl (C=O) groups is 2. The van der Waals surface area contributed by atoms with Crippen molar-refractivity contribution in [1.82, 2.24) is 10.2 Å². The Balaban J connectivity index is 2.45. The summed E-state index contributed by atoms with van der Waals surface area (Å²) in [5.41, 5.74) is 0. The van der Waals surface area contributed by atoms with Crippen molar-refractivity contribution in [3.63, 3.8) is 0 Å². The van der Waals surface area contributed by atoms with Gasteiger partial charge in [-0.15, -0.1) is 0 Å².